The minimum absolute atomic E-state index is 0.0175. The van der Waals surface area contributed by atoms with Gasteiger partial charge in [0.2, 0.25) is 0 Å². The first-order chi connectivity index (χ1) is 8.52. The van der Waals surface area contributed by atoms with Crippen molar-refractivity contribution in [3.05, 3.63) is 0 Å². The Balaban J connectivity index is 2.19. The molecule has 2 amide bonds. The number of aliphatic carboxylic acids is 1. The van der Waals surface area contributed by atoms with Crippen molar-refractivity contribution in [2.24, 2.45) is 5.92 Å². The van der Waals surface area contributed by atoms with Crippen LogP contribution in [0.25, 0.3) is 0 Å². The molecular weight excluding hydrogens is 236 g/mol. The highest BCUT2D eigenvalue weighted by Gasteiger charge is 2.30. The molecule has 0 aromatic rings. The number of carboxylic acids is 1. The van der Waals surface area contributed by atoms with Crippen molar-refractivity contribution in [2.45, 2.75) is 45.3 Å². The highest BCUT2D eigenvalue weighted by atomic mass is 16.5. The third-order valence-corrected chi connectivity index (χ3v) is 3.12. The summed E-state index contributed by atoms with van der Waals surface area (Å²) in [5.41, 5.74) is 0. The van der Waals surface area contributed by atoms with Crippen molar-refractivity contribution < 1.29 is 19.4 Å². The van der Waals surface area contributed by atoms with Gasteiger partial charge in [-0.2, -0.15) is 0 Å². The zero-order valence-electron chi connectivity index (χ0n) is 10.9. The number of carboxylic acid groups (broad SMARTS) is 1. The molecule has 18 heavy (non-hydrogen) atoms. The van der Waals surface area contributed by atoms with E-state index in [9.17, 15) is 9.59 Å². The van der Waals surface area contributed by atoms with Gasteiger partial charge in [-0.1, -0.05) is 0 Å². The fourth-order valence-corrected chi connectivity index (χ4v) is 2.15. The van der Waals surface area contributed by atoms with Crippen LogP contribution in [0.15, 0.2) is 0 Å². The Labute approximate surface area is 107 Å². The summed E-state index contributed by atoms with van der Waals surface area (Å²) in [4.78, 5) is 22.3. The highest BCUT2D eigenvalue weighted by molar-refractivity contribution is 5.75. The molecule has 3 atom stereocenters. The van der Waals surface area contributed by atoms with Gasteiger partial charge in [0.05, 0.1) is 12.0 Å². The summed E-state index contributed by atoms with van der Waals surface area (Å²) in [5.74, 6) is -1.10. The summed E-state index contributed by atoms with van der Waals surface area (Å²) in [6.45, 7) is 4.86. The standard InChI is InChI=1S/C12H22N2O4/c1-3-18-8(2)7-13-12(17)14-10-5-4-9(6-10)11(15)16/h8-10H,3-7H2,1-2H3,(H,15,16)(H2,13,14,17). The molecular formula is C12H22N2O4. The van der Waals surface area contributed by atoms with Crippen LogP contribution < -0.4 is 10.6 Å². The maximum Gasteiger partial charge on any atom is 0.315 e. The molecule has 3 N–H and O–H groups in total. The van der Waals surface area contributed by atoms with E-state index in [4.69, 9.17) is 9.84 Å². The zero-order valence-corrected chi connectivity index (χ0v) is 10.9. The summed E-state index contributed by atoms with van der Waals surface area (Å²) in [7, 11) is 0. The minimum atomic E-state index is -0.773. The molecule has 0 aromatic heterocycles. The van der Waals surface area contributed by atoms with Gasteiger partial charge in [0.25, 0.3) is 0 Å². The lowest BCUT2D eigenvalue weighted by atomic mass is 10.1. The van der Waals surface area contributed by atoms with Crippen LogP contribution in [0.5, 0.6) is 0 Å². The first kappa shape index (κ1) is 14.8. The normalized spacial score (nSPS) is 24.6. The molecule has 104 valence electrons. The number of urea groups is 1. The number of rotatable bonds is 6. The molecule has 1 aliphatic rings. The van der Waals surface area contributed by atoms with E-state index >= 15 is 0 Å². The lowest BCUT2D eigenvalue weighted by Gasteiger charge is -2.16. The van der Waals surface area contributed by atoms with Gasteiger partial charge in [-0.25, -0.2) is 4.79 Å². The molecule has 1 saturated carbocycles. The molecule has 0 aliphatic heterocycles. The van der Waals surface area contributed by atoms with Crippen molar-refractivity contribution in [1.29, 1.82) is 0 Å². The van der Waals surface area contributed by atoms with E-state index in [1.807, 2.05) is 13.8 Å². The number of hydrogen-bond donors (Lipinski definition) is 3. The average molecular weight is 258 g/mol. The first-order valence-corrected chi connectivity index (χ1v) is 6.41. The van der Waals surface area contributed by atoms with Gasteiger partial charge in [-0.15, -0.1) is 0 Å². The van der Waals surface area contributed by atoms with Crippen molar-refractivity contribution in [1.82, 2.24) is 10.6 Å². The van der Waals surface area contributed by atoms with Crippen LogP contribution in [-0.4, -0.2) is 42.4 Å². The second-order valence-corrected chi connectivity index (χ2v) is 4.67. The number of amides is 2. The van der Waals surface area contributed by atoms with Gasteiger partial charge >= 0.3 is 12.0 Å². The van der Waals surface area contributed by atoms with Crippen molar-refractivity contribution >= 4 is 12.0 Å². The summed E-state index contributed by atoms with van der Waals surface area (Å²) >= 11 is 0. The lowest BCUT2D eigenvalue weighted by Crippen LogP contribution is -2.43. The molecule has 0 aromatic carbocycles. The van der Waals surface area contributed by atoms with Crippen LogP contribution >= 0.6 is 0 Å². The molecule has 6 nitrogen and oxygen atoms in total. The Morgan fingerprint density at radius 3 is 2.72 bits per heavy atom. The summed E-state index contributed by atoms with van der Waals surface area (Å²) in [5, 5.41) is 14.4. The highest BCUT2D eigenvalue weighted by Crippen LogP contribution is 2.25. The van der Waals surface area contributed by atoms with Crippen LogP contribution in [0, 0.1) is 5.92 Å². The van der Waals surface area contributed by atoms with Gasteiger partial charge in [0, 0.05) is 19.2 Å². The van der Waals surface area contributed by atoms with Crippen LogP contribution in [0.3, 0.4) is 0 Å². The maximum absolute atomic E-state index is 11.6. The van der Waals surface area contributed by atoms with E-state index in [1.165, 1.54) is 0 Å². The van der Waals surface area contributed by atoms with E-state index in [-0.39, 0.29) is 24.1 Å². The fourth-order valence-electron chi connectivity index (χ4n) is 2.15. The number of carbonyl (C=O) groups excluding carboxylic acids is 1. The Kier molecular flexibility index (Phi) is 5.91. The molecule has 0 heterocycles. The van der Waals surface area contributed by atoms with E-state index in [0.717, 1.165) is 6.42 Å². The molecule has 1 rings (SSSR count). The second-order valence-electron chi connectivity index (χ2n) is 4.67. The fraction of sp³-hybridized carbons (Fsp3) is 0.833. The second kappa shape index (κ2) is 7.20. The number of hydrogen-bond acceptors (Lipinski definition) is 3. The number of nitrogens with one attached hydrogen (secondary N) is 2. The lowest BCUT2D eigenvalue weighted by molar-refractivity contribution is -0.141. The van der Waals surface area contributed by atoms with E-state index < -0.39 is 5.97 Å². The monoisotopic (exact) mass is 258 g/mol. The molecule has 1 fully saturated rings. The van der Waals surface area contributed by atoms with Crippen molar-refractivity contribution in [3.63, 3.8) is 0 Å². The molecule has 1 aliphatic carbocycles. The van der Waals surface area contributed by atoms with Gasteiger partial charge in [-0.3, -0.25) is 4.79 Å². The Morgan fingerprint density at radius 2 is 2.17 bits per heavy atom. The largest absolute Gasteiger partial charge is 0.481 e. The quantitative estimate of drug-likeness (QED) is 0.662. The Bertz CT molecular complexity index is 296. The predicted octanol–water partition coefficient (Wildman–Crippen LogP) is 0.964. The van der Waals surface area contributed by atoms with Gasteiger partial charge in [0.1, 0.15) is 0 Å². The van der Waals surface area contributed by atoms with Crippen LogP contribution in [0.2, 0.25) is 0 Å². The van der Waals surface area contributed by atoms with Crippen LogP contribution in [0.4, 0.5) is 4.79 Å². The molecule has 0 spiro atoms. The molecule has 0 radical (unpaired) electrons. The number of carbonyl (C=O) groups is 2. The topological polar surface area (TPSA) is 87.7 Å². The van der Waals surface area contributed by atoms with Crippen molar-refractivity contribution in [2.75, 3.05) is 13.2 Å². The molecule has 0 bridgehead atoms. The van der Waals surface area contributed by atoms with Gasteiger partial charge in [-0.05, 0) is 33.1 Å². The van der Waals surface area contributed by atoms with Gasteiger partial charge in [0.15, 0.2) is 0 Å². The molecule has 0 saturated heterocycles. The summed E-state index contributed by atoms with van der Waals surface area (Å²) in [6, 6.07) is -0.286. The minimum Gasteiger partial charge on any atom is -0.481 e. The summed E-state index contributed by atoms with van der Waals surface area (Å²) in [6.07, 6.45) is 1.86. The molecule has 6 heteroatoms. The van der Waals surface area contributed by atoms with E-state index in [0.29, 0.717) is 26.0 Å². The smallest absolute Gasteiger partial charge is 0.315 e. The third kappa shape index (κ3) is 4.91. The van der Waals surface area contributed by atoms with E-state index in [1.54, 1.807) is 0 Å². The van der Waals surface area contributed by atoms with Gasteiger partial charge < -0.3 is 20.5 Å². The van der Waals surface area contributed by atoms with E-state index in [2.05, 4.69) is 10.6 Å². The predicted molar refractivity (Wildman–Crippen MR) is 66.4 cm³/mol. The average Bonchev–Trinajstić information content (AvgIpc) is 2.75. The SMILES string of the molecule is CCOC(C)CNC(=O)NC1CCC(C(=O)O)C1. The Morgan fingerprint density at radius 1 is 1.44 bits per heavy atom. The number of ether oxygens (including phenoxy) is 1. The third-order valence-electron chi connectivity index (χ3n) is 3.12. The van der Waals surface area contributed by atoms with Crippen LogP contribution in [-0.2, 0) is 9.53 Å². The molecule has 3 unspecified atom stereocenters. The first-order valence-electron chi connectivity index (χ1n) is 6.41. The summed E-state index contributed by atoms with van der Waals surface area (Å²) < 4.78 is 5.29. The zero-order chi connectivity index (χ0) is 13.5. The van der Waals surface area contributed by atoms with Crippen LogP contribution in [0.1, 0.15) is 33.1 Å². The van der Waals surface area contributed by atoms with Crippen molar-refractivity contribution in [3.8, 4) is 0 Å². The maximum atomic E-state index is 11.6. The Hall–Kier alpha value is -1.30.